The first-order chi connectivity index (χ1) is 6.67. The third-order valence-electron chi connectivity index (χ3n) is 2.43. The molecule has 0 N–H and O–H groups in total. The van der Waals surface area contributed by atoms with Gasteiger partial charge in [-0.1, -0.05) is 20.3 Å². The van der Waals surface area contributed by atoms with E-state index in [9.17, 15) is 4.79 Å². The van der Waals surface area contributed by atoms with Gasteiger partial charge in [0.2, 0.25) is 5.91 Å². The lowest BCUT2D eigenvalue weighted by Crippen LogP contribution is -2.38. The van der Waals surface area contributed by atoms with Crippen LogP contribution < -0.4 is 0 Å². The van der Waals surface area contributed by atoms with Crippen molar-refractivity contribution in [1.82, 2.24) is 4.90 Å². The van der Waals surface area contributed by atoms with Crippen LogP contribution in [0, 0.1) is 11.3 Å². The second-order valence-electron chi connectivity index (χ2n) is 3.53. The van der Waals surface area contributed by atoms with Crippen LogP contribution in [-0.2, 0) is 4.79 Å². The Balaban J connectivity index is 4.23. The van der Waals surface area contributed by atoms with Crippen molar-refractivity contribution in [1.29, 1.82) is 5.26 Å². The summed E-state index contributed by atoms with van der Waals surface area (Å²) in [6, 6.07) is 2.16. The van der Waals surface area contributed by atoms with Crippen LogP contribution in [0.4, 0.5) is 0 Å². The van der Waals surface area contributed by atoms with E-state index in [0.29, 0.717) is 0 Å². The molecule has 1 amide bonds. The second-order valence-corrected chi connectivity index (χ2v) is 3.53. The molecule has 0 aromatic rings. The molecule has 80 valence electrons. The minimum absolute atomic E-state index is 0.00799. The van der Waals surface area contributed by atoms with E-state index in [1.54, 1.807) is 0 Å². The molecule has 0 aliphatic heterocycles. The first-order valence-electron chi connectivity index (χ1n) is 5.33. The number of unbranched alkanes of at least 4 members (excludes halogenated alkanes) is 1. The smallest absolute Gasteiger partial charge is 0.237 e. The monoisotopic (exact) mass is 196 g/mol. The summed E-state index contributed by atoms with van der Waals surface area (Å²) in [5.41, 5.74) is 0. The Hall–Kier alpha value is -1.04. The van der Waals surface area contributed by atoms with E-state index in [1.165, 1.54) is 0 Å². The van der Waals surface area contributed by atoms with Gasteiger partial charge < -0.3 is 4.90 Å². The van der Waals surface area contributed by atoms with E-state index in [1.807, 2.05) is 17.9 Å². The predicted octanol–water partition coefficient (Wildman–Crippen LogP) is 2.33. The van der Waals surface area contributed by atoms with Crippen LogP contribution in [0.5, 0.6) is 0 Å². The SMILES string of the molecule is CCCCN(C(=O)CC#N)C(C)CC. The van der Waals surface area contributed by atoms with Crippen molar-refractivity contribution in [2.45, 2.75) is 52.5 Å². The van der Waals surface area contributed by atoms with E-state index >= 15 is 0 Å². The molecule has 14 heavy (non-hydrogen) atoms. The molecule has 0 aliphatic rings. The largest absolute Gasteiger partial charge is 0.339 e. The van der Waals surface area contributed by atoms with E-state index in [0.717, 1.165) is 25.8 Å². The zero-order valence-electron chi connectivity index (χ0n) is 9.42. The predicted molar refractivity (Wildman–Crippen MR) is 56.6 cm³/mol. The minimum Gasteiger partial charge on any atom is -0.339 e. The first kappa shape index (κ1) is 13.0. The van der Waals surface area contributed by atoms with E-state index in [4.69, 9.17) is 5.26 Å². The topological polar surface area (TPSA) is 44.1 Å². The summed E-state index contributed by atoms with van der Waals surface area (Å²) >= 11 is 0. The van der Waals surface area contributed by atoms with Crippen LogP contribution in [0.2, 0.25) is 0 Å². The van der Waals surface area contributed by atoms with Gasteiger partial charge in [0.25, 0.3) is 0 Å². The lowest BCUT2D eigenvalue weighted by Gasteiger charge is -2.27. The molecule has 0 saturated heterocycles. The Morgan fingerprint density at radius 1 is 1.50 bits per heavy atom. The molecule has 3 heteroatoms. The van der Waals surface area contributed by atoms with Crippen LogP contribution in [0.1, 0.15) is 46.5 Å². The fraction of sp³-hybridized carbons (Fsp3) is 0.818. The summed E-state index contributed by atoms with van der Waals surface area (Å²) in [5.74, 6) is -0.0321. The molecule has 0 aromatic carbocycles. The number of carbonyl (C=O) groups excluding carboxylic acids is 1. The van der Waals surface area contributed by atoms with Gasteiger partial charge in [-0.3, -0.25) is 4.79 Å². The highest BCUT2D eigenvalue weighted by Crippen LogP contribution is 2.07. The molecular weight excluding hydrogens is 176 g/mol. The number of nitrogens with zero attached hydrogens (tertiary/aromatic N) is 2. The van der Waals surface area contributed by atoms with E-state index in [2.05, 4.69) is 13.8 Å². The maximum absolute atomic E-state index is 11.6. The molecular formula is C11H20N2O. The summed E-state index contributed by atoms with van der Waals surface area (Å²) in [7, 11) is 0. The number of nitriles is 1. The number of hydrogen-bond donors (Lipinski definition) is 0. The molecule has 1 unspecified atom stereocenters. The van der Waals surface area contributed by atoms with Crippen molar-refractivity contribution >= 4 is 5.91 Å². The van der Waals surface area contributed by atoms with Crippen LogP contribution in [0.15, 0.2) is 0 Å². The van der Waals surface area contributed by atoms with E-state index in [-0.39, 0.29) is 18.4 Å². The van der Waals surface area contributed by atoms with Crippen LogP contribution in [0.25, 0.3) is 0 Å². The molecule has 3 nitrogen and oxygen atoms in total. The van der Waals surface area contributed by atoms with Crippen molar-refractivity contribution in [2.24, 2.45) is 0 Å². The highest BCUT2D eigenvalue weighted by molar-refractivity contribution is 5.78. The van der Waals surface area contributed by atoms with Gasteiger partial charge in [0.05, 0.1) is 6.07 Å². The summed E-state index contributed by atoms with van der Waals surface area (Å²) in [6.07, 6.45) is 3.04. The summed E-state index contributed by atoms with van der Waals surface area (Å²) in [5, 5.41) is 8.47. The molecule has 0 fully saturated rings. The van der Waals surface area contributed by atoms with Crippen molar-refractivity contribution in [3.05, 3.63) is 0 Å². The van der Waals surface area contributed by atoms with Gasteiger partial charge in [-0.2, -0.15) is 5.26 Å². The van der Waals surface area contributed by atoms with Gasteiger partial charge in [0.1, 0.15) is 6.42 Å². The van der Waals surface area contributed by atoms with Crippen LogP contribution in [0.3, 0.4) is 0 Å². The minimum atomic E-state index is -0.0321. The van der Waals surface area contributed by atoms with Crippen molar-refractivity contribution in [3.63, 3.8) is 0 Å². The van der Waals surface area contributed by atoms with E-state index < -0.39 is 0 Å². The maximum Gasteiger partial charge on any atom is 0.237 e. The van der Waals surface area contributed by atoms with Gasteiger partial charge in [-0.25, -0.2) is 0 Å². The van der Waals surface area contributed by atoms with Crippen molar-refractivity contribution < 1.29 is 4.79 Å². The molecule has 0 radical (unpaired) electrons. The van der Waals surface area contributed by atoms with Crippen LogP contribution in [-0.4, -0.2) is 23.4 Å². The Morgan fingerprint density at radius 3 is 2.57 bits per heavy atom. The quantitative estimate of drug-likeness (QED) is 0.654. The second kappa shape index (κ2) is 7.37. The third-order valence-corrected chi connectivity index (χ3v) is 2.43. The highest BCUT2D eigenvalue weighted by Gasteiger charge is 2.17. The highest BCUT2D eigenvalue weighted by atomic mass is 16.2. The number of hydrogen-bond acceptors (Lipinski definition) is 2. The van der Waals surface area contributed by atoms with Gasteiger partial charge in [-0.05, 0) is 19.8 Å². The Kier molecular flexibility index (Phi) is 6.82. The Labute approximate surface area is 86.7 Å². The standard InChI is InChI=1S/C11H20N2O/c1-4-6-9-13(10(3)5-2)11(14)7-8-12/h10H,4-7,9H2,1-3H3. The maximum atomic E-state index is 11.6. The molecule has 0 saturated carbocycles. The number of rotatable bonds is 6. The lowest BCUT2D eigenvalue weighted by molar-refractivity contribution is -0.132. The lowest BCUT2D eigenvalue weighted by atomic mass is 10.2. The van der Waals surface area contributed by atoms with Crippen molar-refractivity contribution in [3.8, 4) is 6.07 Å². The molecule has 0 bridgehead atoms. The third kappa shape index (κ3) is 4.27. The average Bonchev–Trinajstić information content (AvgIpc) is 2.18. The molecule has 0 aliphatic carbocycles. The molecule has 0 rings (SSSR count). The van der Waals surface area contributed by atoms with Gasteiger partial charge >= 0.3 is 0 Å². The summed E-state index contributed by atoms with van der Waals surface area (Å²) < 4.78 is 0. The molecule has 0 aromatic heterocycles. The summed E-state index contributed by atoms with van der Waals surface area (Å²) in [6.45, 7) is 6.98. The first-order valence-corrected chi connectivity index (χ1v) is 5.33. The Bertz CT molecular complexity index is 208. The number of carbonyl (C=O) groups is 1. The molecule has 0 spiro atoms. The number of amides is 1. The average molecular weight is 196 g/mol. The molecule has 1 atom stereocenters. The van der Waals surface area contributed by atoms with Gasteiger partial charge in [0, 0.05) is 12.6 Å². The molecule has 0 heterocycles. The summed E-state index contributed by atoms with van der Waals surface area (Å²) in [4.78, 5) is 13.4. The normalized spacial score (nSPS) is 11.9. The van der Waals surface area contributed by atoms with Crippen LogP contribution >= 0.6 is 0 Å². The zero-order valence-corrected chi connectivity index (χ0v) is 9.42. The fourth-order valence-electron chi connectivity index (χ4n) is 1.31. The van der Waals surface area contributed by atoms with Gasteiger partial charge in [0.15, 0.2) is 0 Å². The zero-order chi connectivity index (χ0) is 11.0. The van der Waals surface area contributed by atoms with Crippen molar-refractivity contribution in [2.75, 3.05) is 6.54 Å². The Morgan fingerprint density at radius 2 is 2.14 bits per heavy atom. The fourth-order valence-corrected chi connectivity index (χ4v) is 1.31. The van der Waals surface area contributed by atoms with Gasteiger partial charge in [-0.15, -0.1) is 0 Å².